The molecule has 2 N–H and O–H groups in total. The van der Waals surface area contributed by atoms with E-state index in [-0.39, 0.29) is 18.2 Å². The summed E-state index contributed by atoms with van der Waals surface area (Å²) in [5.74, 6) is 1.07. The van der Waals surface area contributed by atoms with Gasteiger partial charge in [0.1, 0.15) is 28.6 Å². The molecule has 1 aliphatic heterocycles. The number of benzene rings is 7. The standard InChI is InChI=1S/C51H36N4O2/c1-3-12-31(13-4-1)49-52-50(32-14-5-2-6-15-32)54-51(53-49)35-24-27-46-41(30-35)40-29-34(22-25-45(40)56-46)33-23-26-47-39(28-33)38-18-11-21-44(48(38)57-47)55-42-19-9-7-16-36(42)37-17-8-10-20-43(37)55/h1-23,25-30,35,49,51,53H,24H2,(H,52,54). The highest BCUT2D eigenvalue weighted by Gasteiger charge is 2.30. The molecule has 3 aromatic heterocycles. The van der Waals surface area contributed by atoms with Gasteiger partial charge in [0, 0.05) is 43.6 Å². The summed E-state index contributed by atoms with van der Waals surface area (Å²) in [6.07, 6.45) is 5.27. The van der Waals surface area contributed by atoms with Crippen LogP contribution in [0.1, 0.15) is 23.7 Å². The number of furan rings is 2. The van der Waals surface area contributed by atoms with Crippen molar-refractivity contribution in [2.24, 2.45) is 10.9 Å². The topological polar surface area (TPSA) is 67.6 Å². The number of nitrogens with one attached hydrogen (secondary N) is 2. The Morgan fingerprint density at radius 1 is 0.561 bits per heavy atom. The highest BCUT2D eigenvalue weighted by molar-refractivity contribution is 6.13. The average Bonchev–Trinajstić information content (AvgIpc) is 3.96. The van der Waals surface area contributed by atoms with Gasteiger partial charge in [-0.1, -0.05) is 127 Å². The first-order valence-corrected chi connectivity index (χ1v) is 19.6. The molecule has 4 heterocycles. The lowest BCUT2D eigenvalue weighted by molar-refractivity contribution is 0.341. The third kappa shape index (κ3) is 5.18. The van der Waals surface area contributed by atoms with Crippen LogP contribution in [0.3, 0.4) is 0 Å². The van der Waals surface area contributed by atoms with E-state index in [0.717, 1.165) is 94.8 Å². The van der Waals surface area contributed by atoms with Gasteiger partial charge >= 0.3 is 0 Å². The molecule has 7 aromatic carbocycles. The Kier molecular flexibility index (Phi) is 7.16. The second kappa shape index (κ2) is 12.7. The highest BCUT2D eigenvalue weighted by Crippen LogP contribution is 2.39. The minimum atomic E-state index is -0.165. The lowest BCUT2D eigenvalue weighted by Gasteiger charge is -2.35. The van der Waals surface area contributed by atoms with Crippen molar-refractivity contribution in [1.82, 2.24) is 15.2 Å². The molecular formula is C51H36N4O2. The van der Waals surface area contributed by atoms with Crippen molar-refractivity contribution in [3.8, 4) is 16.8 Å². The van der Waals surface area contributed by atoms with E-state index in [0.29, 0.717) is 0 Å². The van der Waals surface area contributed by atoms with Gasteiger partial charge < -0.3 is 18.7 Å². The number of para-hydroxylation sites is 3. The van der Waals surface area contributed by atoms with Crippen LogP contribution in [-0.4, -0.2) is 16.6 Å². The first-order valence-electron chi connectivity index (χ1n) is 19.6. The van der Waals surface area contributed by atoms with Crippen LogP contribution < -0.4 is 21.3 Å². The van der Waals surface area contributed by atoms with E-state index in [1.165, 1.54) is 10.8 Å². The van der Waals surface area contributed by atoms with Crippen LogP contribution in [0.5, 0.6) is 0 Å². The van der Waals surface area contributed by atoms with E-state index in [1.807, 2.05) is 12.1 Å². The molecular weight excluding hydrogens is 701 g/mol. The van der Waals surface area contributed by atoms with Crippen molar-refractivity contribution in [2.45, 2.75) is 18.8 Å². The third-order valence-electron chi connectivity index (χ3n) is 11.8. The third-order valence-corrected chi connectivity index (χ3v) is 11.8. The van der Waals surface area contributed by atoms with Crippen LogP contribution >= 0.6 is 0 Å². The zero-order valence-corrected chi connectivity index (χ0v) is 30.9. The maximum Gasteiger partial charge on any atom is 0.159 e. The summed E-state index contributed by atoms with van der Waals surface area (Å²) in [5, 5.41) is 14.5. The van der Waals surface area contributed by atoms with E-state index in [4.69, 9.17) is 13.8 Å². The summed E-state index contributed by atoms with van der Waals surface area (Å²) in [6.45, 7) is 0. The molecule has 0 bridgehead atoms. The quantitative estimate of drug-likeness (QED) is 0.185. The molecule has 10 aromatic rings. The van der Waals surface area contributed by atoms with E-state index >= 15 is 0 Å². The Morgan fingerprint density at radius 2 is 1.21 bits per heavy atom. The van der Waals surface area contributed by atoms with E-state index < -0.39 is 0 Å². The van der Waals surface area contributed by atoms with Crippen LogP contribution in [0.15, 0.2) is 178 Å². The fourth-order valence-electron chi connectivity index (χ4n) is 9.07. The molecule has 6 heteroatoms. The molecule has 0 fully saturated rings. The van der Waals surface area contributed by atoms with Crippen LogP contribution in [0.25, 0.3) is 83.7 Å². The van der Waals surface area contributed by atoms with Gasteiger partial charge in [-0.3, -0.25) is 5.32 Å². The fraction of sp³-hybridized carbons (Fsp3) is 0.0784. The number of nitrogens with zero attached hydrogens (tertiary/aromatic N) is 2. The van der Waals surface area contributed by atoms with E-state index in [9.17, 15) is 0 Å². The fourth-order valence-corrected chi connectivity index (χ4v) is 9.07. The Balaban J connectivity index is 0.933. The molecule has 2 aliphatic rings. The predicted molar refractivity (Wildman–Crippen MR) is 232 cm³/mol. The zero-order chi connectivity index (χ0) is 37.5. The maximum atomic E-state index is 6.70. The molecule has 3 atom stereocenters. The molecule has 0 saturated carbocycles. The van der Waals surface area contributed by atoms with Gasteiger partial charge in [-0.05, 0) is 71.7 Å². The van der Waals surface area contributed by atoms with Gasteiger partial charge in [-0.25, -0.2) is 4.99 Å². The molecule has 12 rings (SSSR count). The van der Waals surface area contributed by atoms with Crippen LogP contribution in [-0.2, 0) is 0 Å². The monoisotopic (exact) mass is 736 g/mol. The highest BCUT2D eigenvalue weighted by atomic mass is 16.3. The number of amidine groups is 1. The summed E-state index contributed by atoms with van der Waals surface area (Å²) in [4.78, 5) is 5.12. The van der Waals surface area contributed by atoms with Gasteiger partial charge in [0.15, 0.2) is 5.58 Å². The Morgan fingerprint density at radius 3 is 1.96 bits per heavy atom. The van der Waals surface area contributed by atoms with Crippen molar-refractivity contribution in [3.05, 3.63) is 186 Å². The van der Waals surface area contributed by atoms with Crippen LogP contribution in [0.4, 0.5) is 0 Å². The first-order chi connectivity index (χ1) is 28.2. The minimum Gasteiger partial charge on any atom is -0.456 e. The summed E-state index contributed by atoms with van der Waals surface area (Å²) in [5.41, 5.74) is 11.4. The van der Waals surface area contributed by atoms with Crippen molar-refractivity contribution in [3.63, 3.8) is 0 Å². The van der Waals surface area contributed by atoms with Crippen molar-refractivity contribution in [1.29, 1.82) is 0 Å². The molecule has 0 radical (unpaired) electrons. The van der Waals surface area contributed by atoms with Gasteiger partial charge in [0.2, 0.25) is 0 Å². The molecule has 0 spiro atoms. The second-order valence-corrected chi connectivity index (χ2v) is 15.1. The molecule has 272 valence electrons. The van der Waals surface area contributed by atoms with Gasteiger partial charge in [0.05, 0.1) is 22.9 Å². The summed E-state index contributed by atoms with van der Waals surface area (Å²) in [6, 6.07) is 57.7. The Hall–Kier alpha value is -7.15. The van der Waals surface area contributed by atoms with Crippen molar-refractivity contribution < 1.29 is 8.83 Å². The Bertz CT molecular complexity index is 3300. The second-order valence-electron chi connectivity index (χ2n) is 15.1. The number of fused-ring (bicyclic) bond motifs is 9. The van der Waals surface area contributed by atoms with Gasteiger partial charge in [-0.2, -0.15) is 0 Å². The van der Waals surface area contributed by atoms with E-state index in [2.05, 4.69) is 179 Å². The average molecular weight is 737 g/mol. The number of hydrogen-bond acceptors (Lipinski definition) is 5. The number of aromatic nitrogens is 1. The predicted octanol–water partition coefficient (Wildman–Crippen LogP) is 10.3. The summed E-state index contributed by atoms with van der Waals surface area (Å²) in [7, 11) is 0. The summed E-state index contributed by atoms with van der Waals surface area (Å²) < 4.78 is 15.5. The largest absolute Gasteiger partial charge is 0.456 e. The molecule has 6 nitrogen and oxygen atoms in total. The smallest absolute Gasteiger partial charge is 0.159 e. The minimum absolute atomic E-state index is 0.0374. The maximum absolute atomic E-state index is 6.70. The lowest BCUT2D eigenvalue weighted by atomic mass is 9.93. The number of hydrogen-bond donors (Lipinski definition) is 2. The molecule has 3 unspecified atom stereocenters. The first kappa shape index (κ1) is 32.1. The lowest BCUT2D eigenvalue weighted by Crippen LogP contribution is -2.55. The molecule has 1 aliphatic carbocycles. The molecule has 57 heavy (non-hydrogen) atoms. The van der Waals surface area contributed by atoms with Crippen molar-refractivity contribution in [2.75, 3.05) is 0 Å². The SMILES string of the molecule is C1=c2oc3ccc(-c4ccc5oc6c(-n7c8ccccc8c8ccccc87)cccc6c5c4)cc3c2=CC(C2NC(c3ccccc3)=NC(c3ccccc3)N2)C1. The summed E-state index contributed by atoms with van der Waals surface area (Å²) >= 11 is 0. The van der Waals surface area contributed by atoms with Crippen LogP contribution in [0.2, 0.25) is 0 Å². The number of rotatable bonds is 5. The van der Waals surface area contributed by atoms with Gasteiger partial charge in [0.25, 0.3) is 0 Å². The normalized spacial score (nSPS) is 18.0. The molecule has 0 amide bonds. The zero-order valence-electron chi connectivity index (χ0n) is 30.9. The molecule has 0 saturated heterocycles. The van der Waals surface area contributed by atoms with Gasteiger partial charge in [-0.15, -0.1) is 0 Å². The number of aliphatic imine (C=N–C) groups is 1. The van der Waals surface area contributed by atoms with Crippen molar-refractivity contribution >= 4 is 72.7 Å². The van der Waals surface area contributed by atoms with E-state index in [1.54, 1.807) is 0 Å². The van der Waals surface area contributed by atoms with Crippen LogP contribution in [0, 0.1) is 5.92 Å². The Labute approximate surface area is 327 Å².